The first-order valence-corrected chi connectivity index (χ1v) is 8.80. The van der Waals surface area contributed by atoms with Crippen LogP contribution < -0.4 is 4.90 Å². The lowest BCUT2D eigenvalue weighted by Gasteiger charge is -2.39. The Labute approximate surface area is 119 Å². The third kappa shape index (κ3) is 2.82. The van der Waals surface area contributed by atoms with Gasteiger partial charge in [0.05, 0.1) is 23.7 Å². The molecule has 2 atom stereocenters. The molecule has 2 aliphatic rings. The van der Waals surface area contributed by atoms with Gasteiger partial charge in [-0.05, 0) is 12.1 Å². The summed E-state index contributed by atoms with van der Waals surface area (Å²) in [6.07, 6.45) is -0.733. The lowest BCUT2D eigenvalue weighted by atomic mass is 10.1. The number of rotatable bonds is 2. The second-order valence-corrected chi connectivity index (χ2v) is 7.72. The number of sulfone groups is 1. The van der Waals surface area contributed by atoms with Gasteiger partial charge in [0, 0.05) is 31.9 Å². The third-order valence-corrected chi connectivity index (χ3v) is 5.90. The van der Waals surface area contributed by atoms with Gasteiger partial charge < -0.3 is 10.0 Å². The Morgan fingerprint density at radius 3 is 2.20 bits per heavy atom. The summed E-state index contributed by atoms with van der Waals surface area (Å²) in [5.74, 6) is 0.00999. The lowest BCUT2D eigenvalue weighted by Crippen LogP contribution is -2.53. The fraction of sp³-hybridized carbons (Fsp3) is 0.571. The van der Waals surface area contributed by atoms with E-state index in [0.29, 0.717) is 0 Å². The van der Waals surface area contributed by atoms with Gasteiger partial charge in [-0.3, -0.25) is 4.90 Å². The molecule has 110 valence electrons. The molecule has 0 spiro atoms. The molecule has 2 fully saturated rings. The summed E-state index contributed by atoms with van der Waals surface area (Å²) < 4.78 is 23.2. The van der Waals surface area contributed by atoms with Crippen molar-refractivity contribution in [3.05, 3.63) is 30.3 Å². The maximum absolute atomic E-state index is 11.6. The highest BCUT2D eigenvalue weighted by Gasteiger charge is 2.40. The van der Waals surface area contributed by atoms with Crippen LogP contribution in [0, 0.1) is 0 Å². The molecule has 6 heteroatoms. The quantitative estimate of drug-likeness (QED) is 0.830. The van der Waals surface area contributed by atoms with Gasteiger partial charge in [0.2, 0.25) is 0 Å². The van der Waals surface area contributed by atoms with Crippen LogP contribution in [0.3, 0.4) is 0 Å². The van der Waals surface area contributed by atoms with E-state index in [1.807, 2.05) is 18.2 Å². The SMILES string of the molecule is O=S1(=O)C[C@@H](N2CCN(c3ccccc3)CC2)[C@@H](O)C1. The second-order valence-electron chi connectivity index (χ2n) is 5.57. The van der Waals surface area contributed by atoms with Crippen molar-refractivity contribution in [2.24, 2.45) is 0 Å². The van der Waals surface area contributed by atoms with Crippen LogP contribution in [0.2, 0.25) is 0 Å². The fourth-order valence-corrected chi connectivity index (χ4v) is 4.94. The van der Waals surface area contributed by atoms with E-state index in [0.717, 1.165) is 26.2 Å². The van der Waals surface area contributed by atoms with E-state index in [-0.39, 0.29) is 17.5 Å². The molecular weight excluding hydrogens is 276 g/mol. The van der Waals surface area contributed by atoms with Gasteiger partial charge in [-0.15, -0.1) is 0 Å². The summed E-state index contributed by atoms with van der Waals surface area (Å²) in [4.78, 5) is 4.42. The highest BCUT2D eigenvalue weighted by atomic mass is 32.2. The zero-order valence-electron chi connectivity index (χ0n) is 11.4. The Morgan fingerprint density at radius 1 is 1.00 bits per heavy atom. The molecular formula is C14H20N2O3S. The standard InChI is InChI=1S/C14H20N2O3S/c17-14-11-20(18,19)10-13(14)16-8-6-15(7-9-16)12-4-2-1-3-5-12/h1-5,13-14,17H,6-11H2/t13-,14+/m1/s1. The van der Waals surface area contributed by atoms with E-state index >= 15 is 0 Å². The van der Waals surface area contributed by atoms with Crippen LogP contribution in [0.15, 0.2) is 30.3 Å². The van der Waals surface area contributed by atoms with E-state index in [2.05, 4.69) is 21.9 Å². The van der Waals surface area contributed by atoms with Gasteiger partial charge in [0.25, 0.3) is 0 Å². The van der Waals surface area contributed by atoms with Crippen molar-refractivity contribution in [1.29, 1.82) is 0 Å². The molecule has 1 N–H and O–H groups in total. The van der Waals surface area contributed by atoms with Crippen LogP contribution >= 0.6 is 0 Å². The number of anilines is 1. The summed E-state index contributed by atoms with van der Waals surface area (Å²) in [7, 11) is -3.06. The highest BCUT2D eigenvalue weighted by molar-refractivity contribution is 7.91. The van der Waals surface area contributed by atoms with Gasteiger partial charge in [0.15, 0.2) is 9.84 Å². The molecule has 0 aliphatic carbocycles. The first-order valence-electron chi connectivity index (χ1n) is 6.98. The number of nitrogens with zero attached hydrogens (tertiary/aromatic N) is 2. The minimum Gasteiger partial charge on any atom is -0.390 e. The smallest absolute Gasteiger partial charge is 0.154 e. The molecule has 0 bridgehead atoms. The largest absolute Gasteiger partial charge is 0.390 e. The fourth-order valence-electron chi connectivity index (χ4n) is 3.11. The molecule has 2 aliphatic heterocycles. The van der Waals surface area contributed by atoms with Crippen LogP contribution in [0.1, 0.15) is 0 Å². The molecule has 1 aromatic carbocycles. The first kappa shape index (κ1) is 13.9. The zero-order chi connectivity index (χ0) is 14.2. The predicted octanol–water partition coefficient (Wildman–Crippen LogP) is -0.0335. The predicted molar refractivity (Wildman–Crippen MR) is 78.7 cm³/mol. The first-order chi connectivity index (χ1) is 9.55. The molecule has 0 amide bonds. The second kappa shape index (κ2) is 5.35. The monoisotopic (exact) mass is 296 g/mol. The van der Waals surface area contributed by atoms with Crippen molar-refractivity contribution in [2.45, 2.75) is 12.1 Å². The Morgan fingerprint density at radius 2 is 1.65 bits per heavy atom. The van der Waals surface area contributed by atoms with Crippen molar-refractivity contribution in [3.8, 4) is 0 Å². The third-order valence-electron chi connectivity index (χ3n) is 4.20. The van der Waals surface area contributed by atoms with Crippen molar-refractivity contribution >= 4 is 15.5 Å². The summed E-state index contributed by atoms with van der Waals surface area (Å²) in [5.41, 5.74) is 1.20. The van der Waals surface area contributed by atoms with E-state index < -0.39 is 15.9 Å². The number of para-hydroxylation sites is 1. The minimum atomic E-state index is -3.06. The van der Waals surface area contributed by atoms with Crippen LogP contribution in [0.4, 0.5) is 5.69 Å². The topological polar surface area (TPSA) is 60.9 Å². The lowest BCUT2D eigenvalue weighted by molar-refractivity contribution is 0.0793. The van der Waals surface area contributed by atoms with Crippen LogP contribution in [-0.4, -0.2) is 68.3 Å². The molecule has 0 radical (unpaired) electrons. The molecule has 0 saturated carbocycles. The summed E-state index contributed by atoms with van der Waals surface area (Å²) in [5, 5.41) is 9.93. The van der Waals surface area contributed by atoms with Gasteiger partial charge >= 0.3 is 0 Å². The van der Waals surface area contributed by atoms with E-state index in [1.54, 1.807) is 0 Å². The Balaban J connectivity index is 1.62. The molecule has 1 aromatic rings. The Bertz CT molecular complexity index is 553. The van der Waals surface area contributed by atoms with Crippen molar-refractivity contribution in [3.63, 3.8) is 0 Å². The number of piperazine rings is 1. The number of benzene rings is 1. The van der Waals surface area contributed by atoms with Gasteiger partial charge in [-0.1, -0.05) is 18.2 Å². The number of aliphatic hydroxyl groups excluding tert-OH is 1. The average molecular weight is 296 g/mol. The molecule has 3 rings (SSSR count). The molecule has 0 aromatic heterocycles. The molecule has 20 heavy (non-hydrogen) atoms. The molecule has 2 heterocycles. The van der Waals surface area contributed by atoms with Crippen molar-refractivity contribution in [1.82, 2.24) is 4.90 Å². The maximum Gasteiger partial charge on any atom is 0.154 e. The number of aliphatic hydroxyl groups is 1. The molecule has 5 nitrogen and oxygen atoms in total. The van der Waals surface area contributed by atoms with Gasteiger partial charge in [-0.2, -0.15) is 0 Å². The van der Waals surface area contributed by atoms with Gasteiger partial charge in [0.1, 0.15) is 0 Å². The number of hydrogen-bond donors (Lipinski definition) is 1. The normalized spacial score (nSPS) is 30.6. The van der Waals surface area contributed by atoms with E-state index in [9.17, 15) is 13.5 Å². The van der Waals surface area contributed by atoms with Crippen LogP contribution in [0.5, 0.6) is 0 Å². The van der Waals surface area contributed by atoms with Gasteiger partial charge in [-0.25, -0.2) is 8.42 Å². The average Bonchev–Trinajstić information content (AvgIpc) is 2.73. The highest BCUT2D eigenvalue weighted by Crippen LogP contribution is 2.22. The van der Waals surface area contributed by atoms with Crippen molar-refractivity contribution in [2.75, 3.05) is 42.6 Å². The minimum absolute atomic E-state index is 0.0867. The number of hydrogen-bond acceptors (Lipinski definition) is 5. The van der Waals surface area contributed by atoms with Crippen LogP contribution in [0.25, 0.3) is 0 Å². The maximum atomic E-state index is 11.6. The Kier molecular flexibility index (Phi) is 3.70. The van der Waals surface area contributed by atoms with E-state index in [4.69, 9.17) is 0 Å². The summed E-state index contributed by atoms with van der Waals surface area (Å²) in [6, 6.07) is 10.00. The van der Waals surface area contributed by atoms with E-state index in [1.165, 1.54) is 5.69 Å². The molecule has 2 saturated heterocycles. The summed E-state index contributed by atoms with van der Waals surface area (Å²) >= 11 is 0. The molecule has 0 unspecified atom stereocenters. The van der Waals surface area contributed by atoms with Crippen LogP contribution in [-0.2, 0) is 9.84 Å². The Hall–Kier alpha value is -1.11. The summed E-state index contributed by atoms with van der Waals surface area (Å²) in [6.45, 7) is 3.33. The zero-order valence-corrected chi connectivity index (χ0v) is 12.2. The van der Waals surface area contributed by atoms with Crippen molar-refractivity contribution < 1.29 is 13.5 Å².